The van der Waals surface area contributed by atoms with Gasteiger partial charge in [-0.3, -0.25) is 4.79 Å². The second-order valence-corrected chi connectivity index (χ2v) is 5.32. The third kappa shape index (κ3) is 5.67. The number of hydrogen-bond donors (Lipinski definition) is 0. The molecule has 1 unspecified atom stereocenters. The highest BCUT2D eigenvalue weighted by molar-refractivity contribution is 5.81. The molecule has 0 N–H and O–H groups in total. The lowest BCUT2D eigenvalue weighted by Gasteiger charge is -2.20. The first-order chi connectivity index (χ1) is 7.84. The van der Waals surface area contributed by atoms with Crippen LogP contribution in [0.25, 0.3) is 0 Å². The third-order valence-electron chi connectivity index (χ3n) is 3.84. The van der Waals surface area contributed by atoms with Crippen LogP contribution in [0, 0.1) is 5.92 Å². The zero-order chi connectivity index (χ0) is 11.6. The van der Waals surface area contributed by atoms with Crippen molar-refractivity contribution in [1.82, 2.24) is 0 Å². The molecule has 0 aromatic rings. The minimum Gasteiger partial charge on any atom is -0.299 e. The maximum absolute atomic E-state index is 11.6. The van der Waals surface area contributed by atoms with Gasteiger partial charge >= 0.3 is 0 Å². The number of carbonyl (C=O) groups is 1. The van der Waals surface area contributed by atoms with Gasteiger partial charge in [0.15, 0.2) is 0 Å². The van der Waals surface area contributed by atoms with Gasteiger partial charge in [0.2, 0.25) is 0 Å². The largest absolute Gasteiger partial charge is 0.299 e. The van der Waals surface area contributed by atoms with Gasteiger partial charge in [-0.25, -0.2) is 0 Å². The fraction of sp³-hybridized carbons (Fsp3) is 0.933. The molecule has 0 radical (unpaired) electrons. The smallest absolute Gasteiger partial charge is 0.135 e. The van der Waals surface area contributed by atoms with Crippen molar-refractivity contribution < 1.29 is 4.79 Å². The molecule has 1 fully saturated rings. The number of ketones is 1. The average Bonchev–Trinajstić information content (AvgIpc) is 2.30. The van der Waals surface area contributed by atoms with Gasteiger partial charge in [0.05, 0.1) is 0 Å². The number of Topliss-reactive ketones (excluding diaryl/α,β-unsaturated/α-hetero) is 1. The summed E-state index contributed by atoms with van der Waals surface area (Å²) in [6.45, 7) is 2.26. The molecule has 0 aliphatic heterocycles. The predicted molar refractivity (Wildman–Crippen MR) is 69.6 cm³/mol. The number of rotatable bonds is 8. The van der Waals surface area contributed by atoms with Crippen LogP contribution < -0.4 is 0 Å². The Labute approximate surface area is 101 Å². The Bertz CT molecular complexity index is 186. The van der Waals surface area contributed by atoms with Crippen molar-refractivity contribution in [2.45, 2.75) is 84.0 Å². The molecule has 1 rings (SSSR count). The Kier molecular flexibility index (Phi) is 7.54. The molecule has 1 aliphatic carbocycles. The van der Waals surface area contributed by atoms with Gasteiger partial charge in [0.25, 0.3) is 0 Å². The zero-order valence-corrected chi connectivity index (χ0v) is 11.0. The van der Waals surface area contributed by atoms with Crippen molar-refractivity contribution in [2.24, 2.45) is 5.92 Å². The summed E-state index contributed by atoms with van der Waals surface area (Å²) in [5.41, 5.74) is 0. The van der Waals surface area contributed by atoms with Crippen molar-refractivity contribution in [2.75, 3.05) is 0 Å². The molecule has 1 nitrogen and oxygen atoms in total. The van der Waals surface area contributed by atoms with Crippen LogP contribution in [0.1, 0.15) is 84.0 Å². The number of hydrogen-bond acceptors (Lipinski definition) is 1. The quantitative estimate of drug-likeness (QED) is 0.537. The van der Waals surface area contributed by atoms with Crippen LogP contribution in [0.3, 0.4) is 0 Å². The van der Waals surface area contributed by atoms with Crippen molar-refractivity contribution in [1.29, 1.82) is 0 Å². The first-order valence-corrected chi connectivity index (χ1v) is 7.37. The first-order valence-electron chi connectivity index (χ1n) is 7.37. The van der Waals surface area contributed by atoms with Crippen LogP contribution in [0.15, 0.2) is 0 Å². The highest BCUT2D eigenvalue weighted by atomic mass is 16.1. The van der Waals surface area contributed by atoms with Crippen molar-refractivity contribution >= 4 is 5.78 Å². The van der Waals surface area contributed by atoms with Gasteiger partial charge in [-0.15, -0.1) is 0 Å². The number of carbonyl (C=O) groups excluding carboxylic acids is 1. The molecule has 0 bridgehead atoms. The summed E-state index contributed by atoms with van der Waals surface area (Å²) in [6, 6.07) is 0. The van der Waals surface area contributed by atoms with Crippen LogP contribution in [0.4, 0.5) is 0 Å². The summed E-state index contributed by atoms with van der Waals surface area (Å²) in [4.78, 5) is 11.6. The third-order valence-corrected chi connectivity index (χ3v) is 3.84. The van der Waals surface area contributed by atoms with E-state index in [0.29, 0.717) is 11.7 Å². The van der Waals surface area contributed by atoms with E-state index in [0.717, 1.165) is 12.8 Å². The van der Waals surface area contributed by atoms with Gasteiger partial charge in [0, 0.05) is 12.3 Å². The van der Waals surface area contributed by atoms with Crippen molar-refractivity contribution in [3.8, 4) is 0 Å². The molecule has 1 heteroatoms. The van der Waals surface area contributed by atoms with Crippen LogP contribution >= 0.6 is 0 Å². The first kappa shape index (κ1) is 13.7. The lowest BCUT2D eigenvalue weighted by Crippen LogP contribution is -2.18. The molecule has 16 heavy (non-hydrogen) atoms. The summed E-state index contributed by atoms with van der Waals surface area (Å²) in [5, 5.41) is 0. The fourth-order valence-corrected chi connectivity index (χ4v) is 2.71. The monoisotopic (exact) mass is 224 g/mol. The predicted octanol–water partition coefficient (Wildman–Crippen LogP) is 4.89. The lowest BCUT2D eigenvalue weighted by molar-refractivity contribution is -0.124. The maximum atomic E-state index is 11.6. The van der Waals surface area contributed by atoms with E-state index in [2.05, 4.69) is 6.92 Å². The Balaban J connectivity index is 1.92. The molecule has 0 saturated heterocycles. The standard InChI is InChI=1S/C15H28O/c1-2-3-4-5-6-7-8-11-14-12-9-10-13-15(14)16/h14H,2-13H2,1H3. The van der Waals surface area contributed by atoms with E-state index < -0.39 is 0 Å². The molecule has 0 heterocycles. The highest BCUT2D eigenvalue weighted by Gasteiger charge is 2.20. The Morgan fingerprint density at radius 2 is 1.69 bits per heavy atom. The minimum absolute atomic E-state index is 0.435. The molecule has 0 aromatic heterocycles. The molecular formula is C15H28O. The Hall–Kier alpha value is -0.330. The number of unbranched alkanes of at least 4 members (excludes halogenated alkanes) is 6. The van der Waals surface area contributed by atoms with E-state index in [4.69, 9.17) is 0 Å². The van der Waals surface area contributed by atoms with E-state index in [1.165, 1.54) is 64.2 Å². The van der Waals surface area contributed by atoms with E-state index in [1.54, 1.807) is 0 Å². The second kappa shape index (κ2) is 8.78. The van der Waals surface area contributed by atoms with Crippen LogP contribution in [0.2, 0.25) is 0 Å². The SMILES string of the molecule is CCCCCCCCCC1CCCCC1=O. The molecule has 1 aliphatic rings. The molecule has 0 aromatic carbocycles. The molecular weight excluding hydrogens is 196 g/mol. The zero-order valence-electron chi connectivity index (χ0n) is 11.0. The van der Waals surface area contributed by atoms with Crippen molar-refractivity contribution in [3.05, 3.63) is 0 Å². The Morgan fingerprint density at radius 1 is 1.00 bits per heavy atom. The van der Waals surface area contributed by atoms with Crippen LogP contribution in [0.5, 0.6) is 0 Å². The Morgan fingerprint density at radius 3 is 2.38 bits per heavy atom. The van der Waals surface area contributed by atoms with Gasteiger partial charge in [-0.2, -0.15) is 0 Å². The van der Waals surface area contributed by atoms with E-state index in [9.17, 15) is 4.79 Å². The highest BCUT2D eigenvalue weighted by Crippen LogP contribution is 2.25. The summed E-state index contributed by atoms with van der Waals surface area (Å²) >= 11 is 0. The van der Waals surface area contributed by atoms with Crippen LogP contribution in [-0.4, -0.2) is 5.78 Å². The van der Waals surface area contributed by atoms with E-state index >= 15 is 0 Å². The van der Waals surface area contributed by atoms with Crippen molar-refractivity contribution in [3.63, 3.8) is 0 Å². The fourth-order valence-electron chi connectivity index (χ4n) is 2.71. The average molecular weight is 224 g/mol. The molecule has 0 amide bonds. The topological polar surface area (TPSA) is 17.1 Å². The summed E-state index contributed by atoms with van der Waals surface area (Å²) in [7, 11) is 0. The van der Waals surface area contributed by atoms with Gasteiger partial charge in [-0.1, -0.05) is 58.3 Å². The summed E-state index contributed by atoms with van der Waals surface area (Å²) < 4.78 is 0. The van der Waals surface area contributed by atoms with Crippen LogP contribution in [-0.2, 0) is 4.79 Å². The second-order valence-electron chi connectivity index (χ2n) is 5.32. The maximum Gasteiger partial charge on any atom is 0.135 e. The molecule has 0 spiro atoms. The summed E-state index contributed by atoms with van der Waals surface area (Å²) in [5.74, 6) is 0.988. The minimum atomic E-state index is 0.435. The van der Waals surface area contributed by atoms with Gasteiger partial charge in [0.1, 0.15) is 5.78 Å². The normalized spacial score (nSPS) is 21.3. The van der Waals surface area contributed by atoms with Gasteiger partial charge < -0.3 is 0 Å². The van der Waals surface area contributed by atoms with Gasteiger partial charge in [-0.05, 0) is 19.3 Å². The van der Waals surface area contributed by atoms with E-state index in [-0.39, 0.29) is 0 Å². The molecule has 1 atom stereocenters. The molecule has 94 valence electrons. The summed E-state index contributed by atoms with van der Waals surface area (Å²) in [6.07, 6.45) is 15.2. The lowest BCUT2D eigenvalue weighted by atomic mass is 9.84. The molecule has 1 saturated carbocycles. The van der Waals surface area contributed by atoms with E-state index in [1.807, 2.05) is 0 Å².